The number of likely N-dealkylation sites (N-methyl/N-ethyl adjacent to an activating group) is 1. The van der Waals surface area contributed by atoms with Gasteiger partial charge in [-0.2, -0.15) is 0 Å². The zero-order chi connectivity index (χ0) is 14.5. The molecule has 2 amide bonds. The van der Waals surface area contributed by atoms with E-state index in [9.17, 15) is 9.59 Å². The van der Waals surface area contributed by atoms with Crippen molar-refractivity contribution >= 4 is 41.8 Å². The summed E-state index contributed by atoms with van der Waals surface area (Å²) in [4.78, 5) is 28.6. The summed E-state index contributed by atoms with van der Waals surface area (Å²) in [5, 5.41) is 9.42. The van der Waals surface area contributed by atoms with Crippen LogP contribution in [0.25, 0.3) is 0 Å². The molecule has 2 aliphatic rings. The summed E-state index contributed by atoms with van der Waals surface area (Å²) in [6.07, 6.45) is 3.61. The third kappa shape index (κ3) is 6.49. The maximum Gasteiger partial charge on any atom is 0.243 e. The molecule has 2 rings (SSSR count). The average molecular weight is 409 g/mol. The molecule has 21 heavy (non-hydrogen) atoms. The Hall–Kier alpha value is -1.06. The summed E-state index contributed by atoms with van der Waals surface area (Å²) in [5.41, 5.74) is 0. The first kappa shape index (κ1) is 18.0. The van der Waals surface area contributed by atoms with Gasteiger partial charge in [0.05, 0.1) is 0 Å². The number of nitrogens with one attached hydrogen (secondary N) is 3. The Labute approximate surface area is 142 Å². The van der Waals surface area contributed by atoms with Crippen molar-refractivity contribution in [1.29, 1.82) is 0 Å². The molecule has 0 radical (unpaired) electrons. The van der Waals surface area contributed by atoms with Gasteiger partial charge in [-0.3, -0.25) is 9.59 Å². The molecule has 2 fully saturated rings. The normalized spacial score (nSPS) is 21.9. The lowest BCUT2D eigenvalue weighted by Crippen LogP contribution is -2.51. The molecule has 1 saturated heterocycles. The largest absolute Gasteiger partial charge is 0.354 e. The number of rotatable bonds is 4. The van der Waals surface area contributed by atoms with Gasteiger partial charge >= 0.3 is 0 Å². The molecule has 7 nitrogen and oxygen atoms in total. The third-order valence-electron chi connectivity index (χ3n) is 3.40. The van der Waals surface area contributed by atoms with Gasteiger partial charge in [0.15, 0.2) is 5.96 Å². The zero-order valence-electron chi connectivity index (χ0n) is 12.5. The lowest BCUT2D eigenvalue weighted by molar-refractivity contribution is -0.127. The Kier molecular flexibility index (Phi) is 7.20. The fourth-order valence-corrected chi connectivity index (χ4v) is 1.89. The van der Waals surface area contributed by atoms with Crippen LogP contribution in [0.1, 0.15) is 25.7 Å². The summed E-state index contributed by atoms with van der Waals surface area (Å²) in [7, 11) is 3.44. The smallest absolute Gasteiger partial charge is 0.243 e. The Balaban J connectivity index is 0.00000220. The minimum absolute atomic E-state index is 0. The van der Waals surface area contributed by atoms with Crippen LogP contribution in [-0.2, 0) is 9.59 Å². The Morgan fingerprint density at radius 2 is 1.95 bits per heavy atom. The first-order chi connectivity index (χ1) is 9.54. The van der Waals surface area contributed by atoms with Crippen molar-refractivity contribution in [3.05, 3.63) is 0 Å². The number of hydrogen-bond acceptors (Lipinski definition) is 3. The van der Waals surface area contributed by atoms with E-state index in [0.29, 0.717) is 25.0 Å². The van der Waals surface area contributed by atoms with Crippen LogP contribution in [-0.4, -0.2) is 61.9 Å². The maximum atomic E-state index is 11.6. The molecule has 0 aromatic heterocycles. The van der Waals surface area contributed by atoms with Crippen molar-refractivity contribution in [2.24, 2.45) is 4.99 Å². The van der Waals surface area contributed by atoms with Crippen molar-refractivity contribution in [2.75, 3.05) is 27.2 Å². The highest BCUT2D eigenvalue weighted by molar-refractivity contribution is 14.0. The first-order valence-electron chi connectivity index (χ1n) is 7.09. The lowest BCUT2D eigenvalue weighted by atomic mass is 10.1. The van der Waals surface area contributed by atoms with Crippen LogP contribution in [0.2, 0.25) is 0 Å². The van der Waals surface area contributed by atoms with Crippen molar-refractivity contribution in [1.82, 2.24) is 20.9 Å². The average Bonchev–Trinajstić information content (AvgIpc) is 3.22. The van der Waals surface area contributed by atoms with Crippen LogP contribution in [0.5, 0.6) is 0 Å². The molecule has 1 aliphatic heterocycles. The van der Waals surface area contributed by atoms with Gasteiger partial charge < -0.3 is 20.9 Å². The Bertz CT molecular complexity index is 399. The Morgan fingerprint density at radius 1 is 1.29 bits per heavy atom. The zero-order valence-corrected chi connectivity index (χ0v) is 14.8. The minimum Gasteiger partial charge on any atom is -0.354 e. The molecule has 1 aliphatic carbocycles. The summed E-state index contributed by atoms with van der Waals surface area (Å²) in [6, 6.07) is 0.640. The van der Waals surface area contributed by atoms with Crippen LogP contribution in [0, 0.1) is 0 Å². The van der Waals surface area contributed by atoms with Gasteiger partial charge in [0.2, 0.25) is 11.8 Å². The van der Waals surface area contributed by atoms with Crippen LogP contribution in [0.4, 0.5) is 0 Å². The second kappa shape index (κ2) is 8.40. The molecule has 1 unspecified atom stereocenters. The predicted octanol–water partition coefficient (Wildman–Crippen LogP) is -0.331. The molecule has 1 saturated carbocycles. The topological polar surface area (TPSA) is 85.8 Å². The maximum absolute atomic E-state index is 11.6. The van der Waals surface area contributed by atoms with Gasteiger partial charge in [-0.15, -0.1) is 24.0 Å². The molecule has 3 N–H and O–H groups in total. The van der Waals surface area contributed by atoms with Crippen molar-refractivity contribution in [3.8, 4) is 0 Å². The number of hydrogen-bond donors (Lipinski definition) is 3. The molecular formula is C13H24IN5O2. The molecule has 1 heterocycles. The number of guanidine groups is 1. The summed E-state index contributed by atoms with van der Waals surface area (Å²) < 4.78 is 0. The van der Waals surface area contributed by atoms with E-state index in [1.807, 2.05) is 0 Å². The minimum atomic E-state index is -0.0288. The summed E-state index contributed by atoms with van der Waals surface area (Å²) in [6.45, 7) is 0.736. The van der Waals surface area contributed by atoms with E-state index in [4.69, 9.17) is 0 Å². The van der Waals surface area contributed by atoms with E-state index >= 15 is 0 Å². The monoisotopic (exact) mass is 409 g/mol. The number of carbonyl (C=O) groups is 2. The highest BCUT2D eigenvalue weighted by Gasteiger charge is 2.25. The van der Waals surface area contributed by atoms with E-state index in [1.165, 1.54) is 4.90 Å². The summed E-state index contributed by atoms with van der Waals surface area (Å²) >= 11 is 0. The van der Waals surface area contributed by atoms with Gasteiger partial charge in [0.25, 0.3) is 0 Å². The number of piperidine rings is 1. The molecule has 0 aromatic carbocycles. The van der Waals surface area contributed by atoms with E-state index in [-0.39, 0.29) is 48.4 Å². The van der Waals surface area contributed by atoms with E-state index in [1.54, 1.807) is 14.1 Å². The van der Waals surface area contributed by atoms with Crippen molar-refractivity contribution in [2.45, 2.75) is 37.8 Å². The quantitative estimate of drug-likeness (QED) is 0.337. The number of nitrogens with zero attached hydrogens (tertiary/aromatic N) is 2. The van der Waals surface area contributed by atoms with Crippen molar-refractivity contribution in [3.63, 3.8) is 0 Å². The molecule has 0 aromatic rings. The SMILES string of the molecule is CN(C)C(=O)CN=C(NC1CC1)NC1CCC(=O)NC1.I. The second-order valence-electron chi connectivity index (χ2n) is 5.56. The molecule has 0 spiro atoms. The second-order valence-corrected chi connectivity index (χ2v) is 5.56. The van der Waals surface area contributed by atoms with Gasteiger partial charge in [-0.05, 0) is 19.3 Å². The van der Waals surface area contributed by atoms with Crippen LogP contribution >= 0.6 is 24.0 Å². The fraction of sp³-hybridized carbons (Fsp3) is 0.769. The van der Waals surface area contributed by atoms with Crippen molar-refractivity contribution < 1.29 is 9.59 Å². The fourth-order valence-electron chi connectivity index (χ4n) is 1.89. The number of aliphatic imine (C=N–C) groups is 1. The van der Waals surface area contributed by atoms with Crippen LogP contribution < -0.4 is 16.0 Å². The number of carbonyl (C=O) groups excluding carboxylic acids is 2. The molecular weight excluding hydrogens is 385 g/mol. The van der Waals surface area contributed by atoms with Gasteiger partial charge in [0.1, 0.15) is 6.54 Å². The van der Waals surface area contributed by atoms with Gasteiger partial charge in [-0.1, -0.05) is 0 Å². The molecule has 120 valence electrons. The summed E-state index contributed by atoms with van der Waals surface area (Å²) in [5.74, 6) is 0.738. The molecule has 0 bridgehead atoms. The third-order valence-corrected chi connectivity index (χ3v) is 3.40. The molecule has 1 atom stereocenters. The van der Waals surface area contributed by atoms with Gasteiger partial charge in [-0.25, -0.2) is 4.99 Å². The van der Waals surface area contributed by atoms with E-state index in [2.05, 4.69) is 20.9 Å². The van der Waals surface area contributed by atoms with Crippen LogP contribution in [0.3, 0.4) is 0 Å². The first-order valence-corrected chi connectivity index (χ1v) is 7.09. The van der Waals surface area contributed by atoms with E-state index in [0.717, 1.165) is 19.3 Å². The lowest BCUT2D eigenvalue weighted by Gasteiger charge is -2.25. The number of halogens is 1. The standard InChI is InChI=1S/C13H23N5O2.HI/c1-18(2)12(20)8-15-13(16-9-3-4-9)17-10-5-6-11(19)14-7-10;/h9-10H,3-8H2,1-2H3,(H,14,19)(H2,15,16,17);1H. The molecule has 8 heteroatoms. The number of amides is 2. The predicted molar refractivity (Wildman–Crippen MR) is 91.7 cm³/mol. The van der Waals surface area contributed by atoms with Crippen LogP contribution in [0.15, 0.2) is 4.99 Å². The van der Waals surface area contributed by atoms with Gasteiger partial charge in [0, 0.05) is 39.1 Å². The highest BCUT2D eigenvalue weighted by Crippen LogP contribution is 2.18. The van der Waals surface area contributed by atoms with E-state index < -0.39 is 0 Å². The Morgan fingerprint density at radius 3 is 2.48 bits per heavy atom. The highest BCUT2D eigenvalue weighted by atomic mass is 127.